The van der Waals surface area contributed by atoms with Crippen LogP contribution in [0.4, 0.5) is 0 Å². The Morgan fingerprint density at radius 2 is 2.22 bits per heavy atom. The minimum Gasteiger partial charge on any atom is -0.493 e. The van der Waals surface area contributed by atoms with Crippen molar-refractivity contribution >= 4 is 11.8 Å². The van der Waals surface area contributed by atoms with Gasteiger partial charge in [0.1, 0.15) is 5.75 Å². The van der Waals surface area contributed by atoms with Gasteiger partial charge in [0.05, 0.1) is 6.61 Å². The Balaban J connectivity index is 1.74. The summed E-state index contributed by atoms with van der Waals surface area (Å²) in [4.78, 5) is 0. The second kappa shape index (κ2) is 7.70. The fourth-order valence-corrected chi connectivity index (χ4v) is 2.89. The first kappa shape index (κ1) is 13.8. The molecule has 0 saturated carbocycles. The zero-order valence-electron chi connectivity index (χ0n) is 11.2. The molecule has 0 aliphatic carbocycles. The molecule has 0 amide bonds. The monoisotopic (exact) mass is 265 g/mol. The Morgan fingerprint density at radius 1 is 1.33 bits per heavy atom. The van der Waals surface area contributed by atoms with Crippen LogP contribution in [0.1, 0.15) is 30.7 Å². The second-order valence-corrected chi connectivity index (χ2v) is 5.76. The molecule has 0 fully saturated rings. The van der Waals surface area contributed by atoms with Crippen LogP contribution < -0.4 is 10.1 Å². The first-order valence-electron chi connectivity index (χ1n) is 6.83. The van der Waals surface area contributed by atoms with Crippen molar-refractivity contribution in [1.29, 1.82) is 0 Å². The predicted molar refractivity (Wildman–Crippen MR) is 79.8 cm³/mol. The van der Waals surface area contributed by atoms with E-state index in [1.54, 1.807) is 0 Å². The quantitative estimate of drug-likeness (QED) is 0.764. The smallest absolute Gasteiger partial charge is 0.122 e. The summed E-state index contributed by atoms with van der Waals surface area (Å²) in [7, 11) is 0. The van der Waals surface area contributed by atoms with E-state index in [1.807, 2.05) is 11.8 Å². The van der Waals surface area contributed by atoms with Gasteiger partial charge in [-0.3, -0.25) is 0 Å². The summed E-state index contributed by atoms with van der Waals surface area (Å²) >= 11 is 1.93. The van der Waals surface area contributed by atoms with Gasteiger partial charge in [-0.05, 0) is 49.4 Å². The van der Waals surface area contributed by atoms with E-state index in [4.69, 9.17) is 4.74 Å². The molecule has 3 heteroatoms. The third kappa shape index (κ3) is 3.92. The highest BCUT2D eigenvalue weighted by atomic mass is 32.2. The van der Waals surface area contributed by atoms with Crippen molar-refractivity contribution in [3.8, 4) is 5.75 Å². The molecular formula is C15H23NOS. The van der Waals surface area contributed by atoms with Gasteiger partial charge in [0, 0.05) is 12.5 Å². The maximum absolute atomic E-state index is 5.68. The number of unbranched alkanes of at least 4 members (excludes halogenated alkanes) is 1. The van der Waals surface area contributed by atoms with Crippen LogP contribution in [0.2, 0.25) is 0 Å². The summed E-state index contributed by atoms with van der Waals surface area (Å²) in [5.41, 5.74) is 1.38. The summed E-state index contributed by atoms with van der Waals surface area (Å²) in [6, 6.07) is 8.45. The molecule has 1 aromatic rings. The van der Waals surface area contributed by atoms with Crippen LogP contribution in [0.25, 0.3) is 0 Å². The summed E-state index contributed by atoms with van der Waals surface area (Å²) < 4.78 is 5.68. The van der Waals surface area contributed by atoms with Crippen molar-refractivity contribution in [3.05, 3.63) is 29.8 Å². The number of hydrogen-bond donors (Lipinski definition) is 1. The third-order valence-corrected chi connectivity index (χ3v) is 4.12. The molecule has 0 bridgehead atoms. The number of nitrogens with one attached hydrogen (secondary N) is 1. The van der Waals surface area contributed by atoms with Gasteiger partial charge in [-0.25, -0.2) is 0 Å². The number of fused-ring (bicyclic) bond motifs is 1. The van der Waals surface area contributed by atoms with E-state index in [-0.39, 0.29) is 0 Å². The first-order valence-corrected chi connectivity index (χ1v) is 8.22. The van der Waals surface area contributed by atoms with Crippen LogP contribution in [0.15, 0.2) is 24.3 Å². The van der Waals surface area contributed by atoms with E-state index in [0.29, 0.717) is 5.92 Å². The van der Waals surface area contributed by atoms with E-state index in [2.05, 4.69) is 35.8 Å². The zero-order valence-corrected chi connectivity index (χ0v) is 12.0. The summed E-state index contributed by atoms with van der Waals surface area (Å²) in [5, 5.41) is 3.59. The van der Waals surface area contributed by atoms with Gasteiger partial charge in [-0.15, -0.1) is 0 Å². The number of rotatable bonds is 7. The lowest BCUT2D eigenvalue weighted by atomic mass is 9.93. The molecule has 1 N–H and O–H groups in total. The zero-order chi connectivity index (χ0) is 12.6. The molecule has 0 spiro atoms. The fourth-order valence-electron chi connectivity index (χ4n) is 2.40. The first-order chi connectivity index (χ1) is 8.92. The molecule has 1 atom stereocenters. The molecule has 0 aromatic heterocycles. The lowest BCUT2D eigenvalue weighted by Gasteiger charge is -2.26. The van der Waals surface area contributed by atoms with Crippen LogP contribution in [-0.2, 0) is 0 Å². The predicted octanol–water partition coefficient (Wildman–Crippen LogP) is 3.29. The van der Waals surface area contributed by atoms with E-state index < -0.39 is 0 Å². The van der Waals surface area contributed by atoms with Gasteiger partial charge in [0.2, 0.25) is 0 Å². The standard InChI is InChI=1S/C15H23NOS/c1-18-11-5-4-9-16-12-13-8-10-17-15-7-3-2-6-14(13)15/h2-3,6-7,13,16H,4-5,8-12H2,1H3. The van der Waals surface area contributed by atoms with E-state index >= 15 is 0 Å². The van der Waals surface area contributed by atoms with Crippen molar-refractivity contribution in [2.45, 2.75) is 25.2 Å². The molecule has 1 aromatic carbocycles. The fraction of sp³-hybridized carbons (Fsp3) is 0.600. The Kier molecular flexibility index (Phi) is 5.88. The highest BCUT2D eigenvalue weighted by Gasteiger charge is 2.20. The molecule has 18 heavy (non-hydrogen) atoms. The van der Waals surface area contributed by atoms with Crippen LogP contribution in [0.3, 0.4) is 0 Å². The highest BCUT2D eigenvalue weighted by Crippen LogP contribution is 2.32. The van der Waals surface area contributed by atoms with E-state index in [1.165, 1.54) is 24.2 Å². The van der Waals surface area contributed by atoms with E-state index in [0.717, 1.165) is 31.9 Å². The largest absolute Gasteiger partial charge is 0.493 e. The SMILES string of the molecule is CSCCCCNCC1CCOc2ccccc21. The second-order valence-electron chi connectivity index (χ2n) is 4.78. The molecule has 100 valence electrons. The molecule has 2 rings (SSSR count). The normalized spacial score (nSPS) is 18.2. The van der Waals surface area contributed by atoms with E-state index in [9.17, 15) is 0 Å². The molecule has 0 saturated heterocycles. The van der Waals surface area contributed by atoms with Gasteiger partial charge in [-0.1, -0.05) is 18.2 Å². The van der Waals surface area contributed by atoms with Crippen molar-refractivity contribution in [2.24, 2.45) is 0 Å². The van der Waals surface area contributed by atoms with Crippen molar-refractivity contribution in [1.82, 2.24) is 5.32 Å². The number of benzene rings is 1. The number of para-hydroxylation sites is 1. The van der Waals surface area contributed by atoms with Crippen LogP contribution in [-0.4, -0.2) is 31.7 Å². The van der Waals surface area contributed by atoms with Crippen LogP contribution in [0.5, 0.6) is 5.75 Å². The number of ether oxygens (including phenoxy) is 1. The van der Waals surface area contributed by atoms with Crippen LogP contribution in [0, 0.1) is 0 Å². The van der Waals surface area contributed by atoms with Gasteiger partial charge in [0.15, 0.2) is 0 Å². The molecule has 1 aliphatic rings. The summed E-state index contributed by atoms with van der Waals surface area (Å²) in [5.74, 6) is 2.98. The summed E-state index contributed by atoms with van der Waals surface area (Å²) in [6.07, 6.45) is 5.91. The maximum atomic E-state index is 5.68. The molecule has 1 unspecified atom stereocenters. The van der Waals surface area contributed by atoms with Gasteiger partial charge in [-0.2, -0.15) is 11.8 Å². The molecule has 2 nitrogen and oxygen atoms in total. The molecule has 1 aliphatic heterocycles. The Morgan fingerprint density at radius 3 is 3.11 bits per heavy atom. The Labute approximate surface area is 114 Å². The molecule has 1 heterocycles. The average Bonchev–Trinajstić information content (AvgIpc) is 2.43. The molecule has 0 radical (unpaired) electrons. The topological polar surface area (TPSA) is 21.3 Å². The number of hydrogen-bond acceptors (Lipinski definition) is 3. The minimum absolute atomic E-state index is 0.621. The average molecular weight is 265 g/mol. The third-order valence-electron chi connectivity index (χ3n) is 3.43. The Hall–Kier alpha value is -0.670. The lowest BCUT2D eigenvalue weighted by Crippen LogP contribution is -2.26. The lowest BCUT2D eigenvalue weighted by molar-refractivity contribution is 0.264. The number of thioether (sulfide) groups is 1. The summed E-state index contributed by atoms with van der Waals surface area (Å²) in [6.45, 7) is 3.08. The van der Waals surface area contributed by atoms with Gasteiger partial charge in [0.25, 0.3) is 0 Å². The van der Waals surface area contributed by atoms with Crippen molar-refractivity contribution in [2.75, 3.05) is 31.7 Å². The van der Waals surface area contributed by atoms with Crippen LogP contribution >= 0.6 is 11.8 Å². The van der Waals surface area contributed by atoms with Gasteiger partial charge >= 0.3 is 0 Å². The molecular weight excluding hydrogens is 242 g/mol. The van der Waals surface area contributed by atoms with Crippen molar-refractivity contribution in [3.63, 3.8) is 0 Å². The van der Waals surface area contributed by atoms with Gasteiger partial charge < -0.3 is 10.1 Å². The minimum atomic E-state index is 0.621. The Bertz CT molecular complexity index is 356. The van der Waals surface area contributed by atoms with Crippen molar-refractivity contribution < 1.29 is 4.74 Å². The highest BCUT2D eigenvalue weighted by molar-refractivity contribution is 7.98. The maximum Gasteiger partial charge on any atom is 0.122 e.